The Morgan fingerprint density at radius 2 is 1.93 bits per heavy atom. The van der Waals surface area contributed by atoms with E-state index in [1.807, 2.05) is 39.8 Å². The van der Waals surface area contributed by atoms with Gasteiger partial charge in [-0.15, -0.1) is 5.10 Å². The maximum Gasteiger partial charge on any atom is 0.457 e. The maximum absolute atomic E-state index is 13.5. The molecule has 5 aliphatic rings. The Balaban J connectivity index is 1.12. The molecule has 0 spiro atoms. The molecule has 238 valence electrons. The number of aromatic nitrogens is 3. The van der Waals surface area contributed by atoms with Crippen LogP contribution in [0.5, 0.6) is 5.75 Å². The van der Waals surface area contributed by atoms with Crippen LogP contribution in [0.2, 0.25) is 6.32 Å². The maximum atomic E-state index is 13.5. The summed E-state index contributed by atoms with van der Waals surface area (Å²) in [4.78, 5) is 27.9. The van der Waals surface area contributed by atoms with E-state index in [9.17, 15) is 14.7 Å². The second-order valence-electron chi connectivity index (χ2n) is 14.7. The average molecular weight is 609 g/mol. The summed E-state index contributed by atoms with van der Waals surface area (Å²) >= 11 is 0. The number of ether oxygens (including phenoxy) is 2. The molecule has 7 rings (SSSR count). The van der Waals surface area contributed by atoms with Crippen LogP contribution in [0.4, 0.5) is 0 Å². The third kappa shape index (κ3) is 5.54. The zero-order valence-corrected chi connectivity index (χ0v) is 27.0. The molecule has 12 heteroatoms. The highest BCUT2D eigenvalue weighted by atomic mass is 16.7. The highest BCUT2D eigenvalue weighted by molar-refractivity contribution is 6.45. The summed E-state index contributed by atoms with van der Waals surface area (Å²) in [6.45, 7) is 14.9. The smallest absolute Gasteiger partial charge is 0.457 e. The van der Waals surface area contributed by atoms with E-state index in [-0.39, 0.29) is 44.0 Å². The number of esters is 1. The van der Waals surface area contributed by atoms with E-state index in [2.05, 4.69) is 31.1 Å². The summed E-state index contributed by atoms with van der Waals surface area (Å²) in [5, 5.41) is 17.0. The Bertz CT molecular complexity index is 1430. The number of aliphatic hydroxyl groups excluding tert-OH is 1. The highest BCUT2D eigenvalue weighted by Gasteiger charge is 2.67. The minimum atomic E-state index is -0.670. The summed E-state index contributed by atoms with van der Waals surface area (Å²) in [5.74, 6) is 1.09. The van der Waals surface area contributed by atoms with Gasteiger partial charge in [-0.3, -0.25) is 4.79 Å². The van der Waals surface area contributed by atoms with Gasteiger partial charge in [-0.05, 0) is 94.6 Å². The van der Waals surface area contributed by atoms with Gasteiger partial charge in [0.1, 0.15) is 29.6 Å². The monoisotopic (exact) mass is 608 g/mol. The number of hydrogen-bond acceptors (Lipinski definition) is 9. The lowest BCUT2D eigenvalue weighted by atomic mass is 9.43. The quantitative estimate of drug-likeness (QED) is 0.336. The van der Waals surface area contributed by atoms with Crippen molar-refractivity contribution in [2.45, 2.75) is 111 Å². The third-order valence-electron chi connectivity index (χ3n) is 10.4. The number of hydrogen-bond donors (Lipinski definition) is 1. The SMILES string of the molecule is Cc1c(CCB2O[C@@H]3C[C@@H]4C[C@@H](C4(C)C)[C@]3(C)O2)ccc(OC2CN(C(=O)Cn3nncc3CO)C2)c1C(=O)OC(C)(C)C. The van der Waals surface area contributed by atoms with Crippen molar-refractivity contribution in [3.63, 3.8) is 0 Å². The molecule has 44 heavy (non-hydrogen) atoms. The minimum Gasteiger partial charge on any atom is -0.486 e. The van der Waals surface area contributed by atoms with E-state index in [1.54, 1.807) is 4.90 Å². The highest BCUT2D eigenvalue weighted by Crippen LogP contribution is 2.65. The lowest BCUT2D eigenvalue weighted by molar-refractivity contribution is -0.199. The Hall–Kier alpha value is -2.96. The van der Waals surface area contributed by atoms with Crippen LogP contribution in [-0.2, 0) is 38.4 Å². The molecule has 1 amide bonds. The number of benzene rings is 1. The number of amides is 1. The van der Waals surface area contributed by atoms with Crippen molar-refractivity contribution in [3.05, 3.63) is 40.7 Å². The molecule has 2 saturated heterocycles. The van der Waals surface area contributed by atoms with E-state index in [1.165, 1.54) is 17.3 Å². The first-order chi connectivity index (χ1) is 20.7. The molecule has 0 radical (unpaired) electrons. The predicted octanol–water partition coefficient (Wildman–Crippen LogP) is 3.59. The summed E-state index contributed by atoms with van der Waals surface area (Å²) in [7, 11) is -0.273. The molecule has 4 atom stereocenters. The van der Waals surface area contributed by atoms with E-state index >= 15 is 0 Å². The summed E-state index contributed by atoms with van der Waals surface area (Å²) in [5.41, 5.74) is 2.11. The van der Waals surface area contributed by atoms with Crippen LogP contribution in [0.3, 0.4) is 0 Å². The first-order valence-electron chi connectivity index (χ1n) is 15.8. The van der Waals surface area contributed by atoms with Crippen molar-refractivity contribution in [2.75, 3.05) is 13.1 Å². The van der Waals surface area contributed by atoms with Crippen molar-refractivity contribution in [3.8, 4) is 5.75 Å². The van der Waals surface area contributed by atoms with E-state index in [4.69, 9.17) is 18.8 Å². The molecular weight excluding hydrogens is 563 g/mol. The van der Waals surface area contributed by atoms with Crippen molar-refractivity contribution < 1.29 is 33.5 Å². The second-order valence-corrected chi connectivity index (χ2v) is 14.7. The molecule has 1 aromatic carbocycles. The molecule has 3 saturated carbocycles. The van der Waals surface area contributed by atoms with Gasteiger partial charge in [0, 0.05) is 0 Å². The second kappa shape index (κ2) is 11.1. The zero-order valence-electron chi connectivity index (χ0n) is 27.0. The van der Waals surface area contributed by atoms with Crippen LogP contribution in [0.25, 0.3) is 0 Å². The normalized spacial score (nSPS) is 27.4. The fourth-order valence-electron chi connectivity index (χ4n) is 7.69. The largest absolute Gasteiger partial charge is 0.486 e. The van der Waals surface area contributed by atoms with Crippen molar-refractivity contribution in [1.29, 1.82) is 0 Å². The Kier molecular flexibility index (Phi) is 7.86. The van der Waals surface area contributed by atoms with Gasteiger partial charge in [0.15, 0.2) is 0 Å². The summed E-state index contributed by atoms with van der Waals surface area (Å²) < 4.78 is 26.5. The summed E-state index contributed by atoms with van der Waals surface area (Å²) in [6.07, 6.45) is 4.97. The molecule has 2 aliphatic heterocycles. The molecule has 0 unspecified atom stereocenters. The van der Waals surface area contributed by atoms with Crippen LogP contribution in [0.1, 0.15) is 81.6 Å². The summed E-state index contributed by atoms with van der Waals surface area (Å²) in [6, 6.07) is 3.84. The molecule has 3 heterocycles. The van der Waals surface area contributed by atoms with Gasteiger partial charge >= 0.3 is 13.1 Å². The first-order valence-corrected chi connectivity index (χ1v) is 15.8. The van der Waals surface area contributed by atoms with Gasteiger partial charge in [0.2, 0.25) is 5.91 Å². The van der Waals surface area contributed by atoms with Crippen LogP contribution < -0.4 is 4.74 Å². The fraction of sp³-hybridized carbons (Fsp3) is 0.688. The van der Waals surface area contributed by atoms with Gasteiger partial charge in [-0.1, -0.05) is 25.1 Å². The lowest BCUT2D eigenvalue weighted by Gasteiger charge is -2.64. The van der Waals surface area contributed by atoms with Gasteiger partial charge in [0.25, 0.3) is 0 Å². The standard InChI is InChI=1S/C32H45BN4O7/c1-19-20(10-11-33-43-26-13-21-12-25(31(21,5)6)32(26,7)44-33)8-9-24(28(19)29(40)42-30(2,3)4)41-23-15-36(16-23)27(39)17-37-22(18-38)14-34-35-37/h8-9,14,21,23,25-26,38H,10-13,15-18H2,1-7H3/t21-,25-,26+,32-/m0/s1. The third-order valence-corrected chi connectivity index (χ3v) is 10.4. The number of carbonyl (C=O) groups is 2. The topological polar surface area (TPSA) is 125 Å². The van der Waals surface area contributed by atoms with Crippen LogP contribution in [-0.4, -0.2) is 80.5 Å². The van der Waals surface area contributed by atoms with Crippen molar-refractivity contribution in [2.24, 2.45) is 17.3 Å². The van der Waals surface area contributed by atoms with Crippen molar-refractivity contribution >= 4 is 19.0 Å². The van der Waals surface area contributed by atoms with E-state index < -0.39 is 11.6 Å². The van der Waals surface area contributed by atoms with Crippen LogP contribution in [0, 0.1) is 24.2 Å². The van der Waals surface area contributed by atoms with Gasteiger partial charge in [-0.25, -0.2) is 9.48 Å². The zero-order chi connectivity index (χ0) is 31.6. The molecule has 11 nitrogen and oxygen atoms in total. The van der Waals surface area contributed by atoms with Crippen LogP contribution >= 0.6 is 0 Å². The Labute approximate surface area is 259 Å². The predicted molar refractivity (Wildman–Crippen MR) is 162 cm³/mol. The molecule has 5 fully saturated rings. The molecule has 2 aromatic rings. The Morgan fingerprint density at radius 3 is 2.61 bits per heavy atom. The fourth-order valence-corrected chi connectivity index (χ4v) is 7.69. The number of aliphatic hydroxyl groups is 1. The first kappa shape index (κ1) is 31.0. The average Bonchev–Trinajstić information content (AvgIpc) is 3.50. The molecule has 1 N–H and O–H groups in total. The van der Waals surface area contributed by atoms with Gasteiger partial charge in [0.05, 0.1) is 43.3 Å². The number of nitrogens with zero attached hydrogens (tertiary/aromatic N) is 4. The minimum absolute atomic E-state index is 0.00705. The van der Waals surface area contributed by atoms with E-state index in [0.717, 1.165) is 17.5 Å². The number of aryl methyl sites for hydroxylation is 1. The van der Waals surface area contributed by atoms with Crippen LogP contribution in [0.15, 0.2) is 18.3 Å². The van der Waals surface area contributed by atoms with Gasteiger partial charge < -0.3 is 28.8 Å². The molecular formula is C32H45BN4O7. The molecule has 1 aromatic heterocycles. The lowest BCUT2D eigenvalue weighted by Crippen LogP contribution is -2.65. The van der Waals surface area contributed by atoms with Gasteiger partial charge in [-0.2, -0.15) is 0 Å². The number of likely N-dealkylation sites (tertiary alicyclic amines) is 1. The number of carbonyl (C=O) groups excluding carboxylic acids is 2. The Morgan fingerprint density at radius 1 is 1.18 bits per heavy atom. The molecule has 2 bridgehead atoms. The van der Waals surface area contributed by atoms with E-state index in [0.29, 0.717) is 60.1 Å². The number of rotatable bonds is 9. The van der Waals surface area contributed by atoms with Crippen molar-refractivity contribution in [1.82, 2.24) is 19.9 Å². The molecule has 3 aliphatic carbocycles.